The van der Waals surface area contributed by atoms with E-state index in [-0.39, 0.29) is 17.9 Å². The number of anilines is 1. The Morgan fingerprint density at radius 1 is 1.00 bits per heavy atom. The van der Waals surface area contributed by atoms with Crippen LogP contribution < -0.4 is 10.1 Å². The maximum atomic E-state index is 12.0. The molecular weight excluding hydrogens is 330 g/mol. The number of hydrogen-bond acceptors (Lipinski definition) is 4. The Bertz CT molecular complexity index is 733. The minimum absolute atomic E-state index is 0.0546. The highest BCUT2D eigenvalue weighted by molar-refractivity contribution is 5.95. The van der Waals surface area contributed by atoms with Gasteiger partial charge in [-0.15, -0.1) is 0 Å². The molecule has 1 unspecified atom stereocenters. The average Bonchev–Trinajstić information content (AvgIpc) is 2.60. The Morgan fingerprint density at radius 3 is 2.19 bits per heavy atom. The first-order chi connectivity index (χ1) is 12.3. The van der Waals surface area contributed by atoms with Gasteiger partial charge >= 0.3 is 5.97 Å². The van der Waals surface area contributed by atoms with Gasteiger partial charge in [0.15, 0.2) is 12.7 Å². The third-order valence-corrected chi connectivity index (χ3v) is 3.80. The van der Waals surface area contributed by atoms with Crippen LogP contribution in [0.15, 0.2) is 54.6 Å². The maximum Gasteiger partial charge on any atom is 0.344 e. The van der Waals surface area contributed by atoms with Gasteiger partial charge in [0.25, 0.3) is 5.91 Å². The fourth-order valence-electron chi connectivity index (χ4n) is 2.24. The molecule has 0 saturated heterocycles. The molecule has 0 bridgehead atoms. The zero-order valence-electron chi connectivity index (χ0n) is 15.6. The third-order valence-electron chi connectivity index (χ3n) is 3.80. The van der Waals surface area contributed by atoms with Gasteiger partial charge in [-0.2, -0.15) is 0 Å². The molecule has 5 nitrogen and oxygen atoms in total. The molecule has 2 aromatic rings. The highest BCUT2D eigenvalue weighted by Gasteiger charge is 2.18. The Hall–Kier alpha value is -2.82. The standard InChI is InChI=1S/C21H25NO4/c1-15(20(24)22-17-8-6-5-7-9-17)26-19(23)14-25-18-12-10-16(11-13-18)21(2,3)4/h5-13,15H,14H2,1-4H3,(H,22,24). The summed E-state index contributed by atoms with van der Waals surface area (Å²) in [6.07, 6.45) is -0.908. The van der Waals surface area contributed by atoms with Gasteiger partial charge in [-0.05, 0) is 42.2 Å². The van der Waals surface area contributed by atoms with Gasteiger partial charge in [-0.25, -0.2) is 4.79 Å². The highest BCUT2D eigenvalue weighted by Crippen LogP contribution is 2.24. The van der Waals surface area contributed by atoms with Crippen molar-refractivity contribution in [1.82, 2.24) is 0 Å². The fourth-order valence-corrected chi connectivity index (χ4v) is 2.24. The number of carbonyl (C=O) groups is 2. The summed E-state index contributed by atoms with van der Waals surface area (Å²) < 4.78 is 10.5. The molecule has 0 spiro atoms. The number of amides is 1. The number of nitrogens with one attached hydrogen (secondary N) is 1. The van der Waals surface area contributed by atoms with Gasteiger partial charge in [0, 0.05) is 5.69 Å². The van der Waals surface area contributed by atoms with E-state index in [0.717, 1.165) is 0 Å². The molecule has 2 aromatic carbocycles. The topological polar surface area (TPSA) is 64.6 Å². The molecule has 1 N–H and O–H groups in total. The summed E-state index contributed by atoms with van der Waals surface area (Å²) in [5.74, 6) is -0.406. The number of ether oxygens (including phenoxy) is 2. The lowest BCUT2D eigenvalue weighted by Gasteiger charge is -2.19. The lowest BCUT2D eigenvalue weighted by atomic mass is 9.87. The number of benzene rings is 2. The molecule has 0 heterocycles. The second-order valence-corrected chi connectivity index (χ2v) is 7.05. The van der Waals surface area contributed by atoms with E-state index < -0.39 is 12.1 Å². The molecule has 0 aliphatic heterocycles. The zero-order chi connectivity index (χ0) is 19.2. The van der Waals surface area contributed by atoms with Crippen molar-refractivity contribution in [2.24, 2.45) is 0 Å². The van der Waals surface area contributed by atoms with Gasteiger partial charge in [0.2, 0.25) is 0 Å². The Labute approximate surface area is 154 Å². The van der Waals surface area contributed by atoms with Crippen molar-refractivity contribution in [3.05, 3.63) is 60.2 Å². The van der Waals surface area contributed by atoms with E-state index in [0.29, 0.717) is 11.4 Å². The first-order valence-corrected chi connectivity index (χ1v) is 8.54. The molecule has 0 aliphatic carbocycles. The van der Waals surface area contributed by atoms with Crippen LogP contribution in [-0.2, 0) is 19.7 Å². The van der Waals surface area contributed by atoms with Crippen LogP contribution in [0, 0.1) is 0 Å². The minimum Gasteiger partial charge on any atom is -0.482 e. The predicted molar refractivity (Wildman–Crippen MR) is 101 cm³/mol. The number of carbonyl (C=O) groups excluding carboxylic acids is 2. The molecule has 0 radical (unpaired) electrons. The van der Waals surface area contributed by atoms with Gasteiger partial charge in [-0.3, -0.25) is 4.79 Å². The van der Waals surface area contributed by atoms with Crippen LogP contribution in [0.4, 0.5) is 5.69 Å². The lowest BCUT2D eigenvalue weighted by Crippen LogP contribution is -2.31. The Morgan fingerprint density at radius 2 is 1.62 bits per heavy atom. The summed E-state index contributed by atoms with van der Waals surface area (Å²) in [4.78, 5) is 23.9. The molecule has 0 aliphatic rings. The second-order valence-electron chi connectivity index (χ2n) is 7.05. The lowest BCUT2D eigenvalue weighted by molar-refractivity contribution is -0.155. The average molecular weight is 355 g/mol. The largest absolute Gasteiger partial charge is 0.482 e. The van der Waals surface area contributed by atoms with Crippen molar-refractivity contribution < 1.29 is 19.1 Å². The SMILES string of the molecule is CC(OC(=O)COc1ccc(C(C)(C)C)cc1)C(=O)Nc1ccccc1. The van der Waals surface area contributed by atoms with E-state index in [1.165, 1.54) is 12.5 Å². The molecule has 1 atom stereocenters. The summed E-state index contributed by atoms with van der Waals surface area (Å²) in [6.45, 7) is 7.65. The van der Waals surface area contributed by atoms with Crippen molar-refractivity contribution >= 4 is 17.6 Å². The second kappa shape index (κ2) is 8.52. The smallest absolute Gasteiger partial charge is 0.344 e. The highest BCUT2D eigenvalue weighted by atomic mass is 16.6. The monoisotopic (exact) mass is 355 g/mol. The van der Waals surface area contributed by atoms with E-state index >= 15 is 0 Å². The van der Waals surface area contributed by atoms with Crippen LogP contribution in [-0.4, -0.2) is 24.6 Å². The molecule has 0 aromatic heterocycles. The molecule has 138 valence electrons. The van der Waals surface area contributed by atoms with Gasteiger partial charge in [0.1, 0.15) is 5.75 Å². The molecule has 26 heavy (non-hydrogen) atoms. The minimum atomic E-state index is -0.908. The number of rotatable bonds is 6. The zero-order valence-corrected chi connectivity index (χ0v) is 15.6. The first kappa shape index (κ1) is 19.5. The molecule has 0 fully saturated rings. The summed E-state index contributed by atoms with van der Waals surface area (Å²) in [5, 5.41) is 2.68. The van der Waals surface area contributed by atoms with Crippen LogP contribution in [0.5, 0.6) is 5.75 Å². The van der Waals surface area contributed by atoms with Crippen molar-refractivity contribution in [2.45, 2.75) is 39.2 Å². The van der Waals surface area contributed by atoms with Gasteiger partial charge in [0.05, 0.1) is 0 Å². The van der Waals surface area contributed by atoms with E-state index in [9.17, 15) is 9.59 Å². The molecule has 1 amide bonds. The van der Waals surface area contributed by atoms with Crippen LogP contribution in [0.1, 0.15) is 33.3 Å². The number of hydrogen-bond donors (Lipinski definition) is 1. The molecule has 2 rings (SSSR count). The van der Waals surface area contributed by atoms with Gasteiger partial charge in [-0.1, -0.05) is 51.1 Å². The quantitative estimate of drug-likeness (QED) is 0.797. The summed E-state index contributed by atoms with van der Waals surface area (Å²) in [7, 11) is 0. The normalized spacial score (nSPS) is 12.2. The summed E-state index contributed by atoms with van der Waals surface area (Å²) in [6, 6.07) is 16.6. The molecule has 5 heteroatoms. The van der Waals surface area contributed by atoms with Crippen molar-refractivity contribution in [3.63, 3.8) is 0 Å². The van der Waals surface area contributed by atoms with E-state index in [2.05, 4.69) is 26.1 Å². The van der Waals surface area contributed by atoms with Crippen molar-refractivity contribution in [2.75, 3.05) is 11.9 Å². The van der Waals surface area contributed by atoms with Crippen LogP contribution in [0.3, 0.4) is 0 Å². The van der Waals surface area contributed by atoms with Crippen LogP contribution in [0.25, 0.3) is 0 Å². The Balaban J connectivity index is 1.80. The number of esters is 1. The Kier molecular flexibility index (Phi) is 6.39. The van der Waals surface area contributed by atoms with Crippen LogP contribution in [0.2, 0.25) is 0 Å². The number of para-hydroxylation sites is 1. The van der Waals surface area contributed by atoms with Crippen molar-refractivity contribution in [3.8, 4) is 5.75 Å². The first-order valence-electron chi connectivity index (χ1n) is 8.54. The fraction of sp³-hybridized carbons (Fsp3) is 0.333. The van der Waals surface area contributed by atoms with Crippen molar-refractivity contribution in [1.29, 1.82) is 0 Å². The summed E-state index contributed by atoms with van der Waals surface area (Å²) in [5.41, 5.74) is 1.88. The summed E-state index contributed by atoms with van der Waals surface area (Å²) >= 11 is 0. The van der Waals surface area contributed by atoms with E-state index in [1.54, 1.807) is 12.1 Å². The predicted octanol–water partition coefficient (Wildman–Crippen LogP) is 3.93. The molecule has 0 saturated carbocycles. The van der Waals surface area contributed by atoms with Crippen LogP contribution >= 0.6 is 0 Å². The third kappa shape index (κ3) is 5.92. The van der Waals surface area contributed by atoms with Gasteiger partial charge < -0.3 is 14.8 Å². The van der Waals surface area contributed by atoms with E-state index in [1.807, 2.05) is 42.5 Å². The maximum absolute atomic E-state index is 12.0. The van der Waals surface area contributed by atoms with E-state index in [4.69, 9.17) is 9.47 Å². The molecular formula is C21H25NO4.